The average Bonchev–Trinajstić information content (AvgIpc) is 1.47. The van der Waals surface area contributed by atoms with Gasteiger partial charge in [-0.2, -0.15) is 0 Å². The zero-order chi connectivity index (χ0) is 60.3. The SMILES string of the molecule is [2H]c1c([2H])c([2H])c(-c2oc(-c3c([2H])c4c([2H])c([2H])c([2H])c([2H])c4c4c([2H])c([2H])c([2H])c([2H])c34)c(-c3c([2H])c([2H])c([2H])c([2H])c3[2H])c2-c2c([2H])c([2H])c([2H])c(-c3ccc(-c4ccc5ccc6cccnc6c5n4)c4ccccc34)c2[2H])c([2H])c1[2H]. The van der Waals surface area contributed by atoms with Crippen molar-refractivity contribution in [3.8, 4) is 67.3 Å². The number of benzene rings is 9. The lowest BCUT2D eigenvalue weighted by molar-refractivity contribution is 0.599. The van der Waals surface area contributed by atoms with E-state index in [0.29, 0.717) is 33.1 Å². The van der Waals surface area contributed by atoms with Crippen LogP contribution >= 0.6 is 0 Å². The molecule has 12 rings (SSSR count). The average molecular weight is 800 g/mol. The van der Waals surface area contributed by atoms with Crippen LogP contribution in [0.2, 0.25) is 0 Å². The third-order valence-corrected chi connectivity index (χ3v) is 10.5. The number of furan rings is 1. The Kier molecular flexibility index (Phi) is 4.42. The summed E-state index contributed by atoms with van der Waals surface area (Å²) in [6.45, 7) is 0. The van der Waals surface area contributed by atoms with Crippen molar-refractivity contribution < 1.29 is 35.9 Å². The first-order chi connectivity index (χ1) is 39.8. The highest BCUT2D eigenvalue weighted by Crippen LogP contribution is 2.51. The van der Waals surface area contributed by atoms with E-state index < -0.39 is 205 Å². The van der Waals surface area contributed by atoms with Crippen molar-refractivity contribution in [3.63, 3.8) is 0 Å². The van der Waals surface area contributed by atoms with Gasteiger partial charge in [0, 0.05) is 44.8 Å². The Morgan fingerprint density at radius 3 is 1.82 bits per heavy atom. The first kappa shape index (κ1) is 18.8. The molecule has 3 heteroatoms. The molecule has 0 spiro atoms. The van der Waals surface area contributed by atoms with E-state index in [1.54, 1.807) is 42.6 Å². The number of rotatable bonds is 6. The van der Waals surface area contributed by atoms with Crippen molar-refractivity contribution in [1.82, 2.24) is 9.97 Å². The number of aromatic nitrogens is 2. The molecule has 0 N–H and O–H groups in total. The molecule has 0 bridgehead atoms. The quantitative estimate of drug-likeness (QED) is 0.157. The van der Waals surface area contributed by atoms with Crippen LogP contribution in [0, 0.1) is 0 Å². The monoisotopic (exact) mass is 799 g/mol. The summed E-state index contributed by atoms with van der Waals surface area (Å²) < 4.78 is 218. The van der Waals surface area contributed by atoms with Crippen LogP contribution in [0.3, 0.4) is 0 Å². The third kappa shape index (κ3) is 5.82. The Morgan fingerprint density at radius 1 is 0.377 bits per heavy atom. The van der Waals surface area contributed by atoms with Gasteiger partial charge < -0.3 is 4.42 Å². The Morgan fingerprint density at radius 2 is 1.00 bits per heavy atom. The lowest BCUT2D eigenvalue weighted by Gasteiger charge is -2.14. The van der Waals surface area contributed by atoms with E-state index in [1.165, 1.54) is 0 Å². The van der Waals surface area contributed by atoms with E-state index in [2.05, 4.69) is 4.98 Å². The molecule has 3 aromatic heterocycles. The van der Waals surface area contributed by atoms with E-state index in [1.807, 2.05) is 36.4 Å². The van der Waals surface area contributed by atoms with E-state index in [0.717, 1.165) is 10.8 Å². The van der Waals surface area contributed by atoms with Crippen LogP contribution in [-0.4, -0.2) is 9.97 Å². The van der Waals surface area contributed by atoms with Crippen LogP contribution in [0.25, 0.3) is 121 Å². The molecule has 0 fully saturated rings. The molecule has 0 aliphatic carbocycles. The van der Waals surface area contributed by atoms with E-state index >= 15 is 0 Å². The van der Waals surface area contributed by atoms with Gasteiger partial charge >= 0.3 is 0 Å². The minimum Gasteiger partial charge on any atom is -0.455 e. The molecular weight excluding hydrogens is 741 g/mol. The summed E-state index contributed by atoms with van der Waals surface area (Å²) in [5.41, 5.74) is -2.62. The maximum absolute atomic E-state index is 10.3. The summed E-state index contributed by atoms with van der Waals surface area (Å²) in [7, 11) is 0. The number of pyridine rings is 2. The molecular formula is C58H36N2O. The van der Waals surface area contributed by atoms with Crippen molar-refractivity contribution in [3.05, 3.63) is 218 Å². The van der Waals surface area contributed by atoms with Gasteiger partial charge in [-0.25, -0.2) is 4.98 Å². The standard InChI is InChI=1S/C58H36N2O/c1-3-15-37(16-4-1)53-54(57(40-17-5-2-6-18-40)61-58(53)51-36-42-19-7-8-23-44(42)46-24-10-12-27-49(46)51)43-21-13-20-41(35-43)45-31-32-50(48-26-11-9-25-47(45)48)52-33-30-39-29-28-38-22-14-34-59-55(38)56(39)60-52/h1-36H/i1D,2D,3D,4D,5D,6D,7D,8D,10D,12D,13D,15D,16D,17D,18D,19D,20D,21D,23D,24D,27D,35D,36D. The van der Waals surface area contributed by atoms with Crippen molar-refractivity contribution in [1.29, 1.82) is 0 Å². The zero-order valence-electron chi connectivity index (χ0n) is 54.3. The van der Waals surface area contributed by atoms with Crippen LogP contribution in [0.15, 0.2) is 222 Å². The zero-order valence-corrected chi connectivity index (χ0v) is 31.3. The normalized spacial score (nSPS) is 16.9. The fourth-order valence-electron chi connectivity index (χ4n) is 7.86. The molecule has 0 saturated carbocycles. The number of fused-ring (bicyclic) bond motifs is 7. The van der Waals surface area contributed by atoms with Gasteiger partial charge in [0.15, 0.2) is 0 Å². The lowest BCUT2D eigenvalue weighted by atomic mass is 9.87. The van der Waals surface area contributed by atoms with Gasteiger partial charge in [0.25, 0.3) is 0 Å². The highest BCUT2D eigenvalue weighted by molar-refractivity contribution is 6.16. The molecule has 0 saturated heterocycles. The number of nitrogens with zero attached hydrogens (tertiary/aromatic N) is 2. The molecule has 0 amide bonds. The topological polar surface area (TPSA) is 38.9 Å². The summed E-state index contributed by atoms with van der Waals surface area (Å²) in [5, 5.41) is 0.117. The van der Waals surface area contributed by atoms with Gasteiger partial charge in [-0.15, -0.1) is 0 Å². The molecule has 9 aromatic carbocycles. The van der Waals surface area contributed by atoms with Crippen molar-refractivity contribution in [2.24, 2.45) is 0 Å². The van der Waals surface area contributed by atoms with Crippen LogP contribution in [-0.2, 0) is 0 Å². The summed E-state index contributed by atoms with van der Waals surface area (Å²) >= 11 is 0. The highest BCUT2D eigenvalue weighted by Gasteiger charge is 2.27. The van der Waals surface area contributed by atoms with Gasteiger partial charge in [-0.1, -0.05) is 188 Å². The molecule has 3 nitrogen and oxygen atoms in total. The molecule has 61 heavy (non-hydrogen) atoms. The first-order valence-electron chi connectivity index (χ1n) is 30.4. The van der Waals surface area contributed by atoms with Crippen molar-refractivity contribution >= 4 is 54.1 Å². The first-order valence-corrected chi connectivity index (χ1v) is 18.9. The van der Waals surface area contributed by atoms with Crippen molar-refractivity contribution in [2.45, 2.75) is 0 Å². The summed E-state index contributed by atoms with van der Waals surface area (Å²) in [4.78, 5) is 9.65. The molecule has 0 atom stereocenters. The van der Waals surface area contributed by atoms with Crippen LogP contribution < -0.4 is 0 Å². The Labute approximate surface area is 385 Å². The summed E-state index contributed by atoms with van der Waals surface area (Å²) in [5.74, 6) is -1.82. The third-order valence-electron chi connectivity index (χ3n) is 10.5. The second-order valence-corrected chi connectivity index (χ2v) is 13.9. The van der Waals surface area contributed by atoms with Gasteiger partial charge in [0.1, 0.15) is 11.5 Å². The van der Waals surface area contributed by atoms with Crippen LogP contribution in [0.4, 0.5) is 0 Å². The van der Waals surface area contributed by atoms with Gasteiger partial charge in [-0.3, -0.25) is 4.98 Å². The van der Waals surface area contributed by atoms with Gasteiger partial charge in [-0.05, 0) is 78.8 Å². The fourth-order valence-corrected chi connectivity index (χ4v) is 7.86. The molecule has 3 heterocycles. The summed E-state index contributed by atoms with van der Waals surface area (Å²) in [6.07, 6.45) is 1.66. The Balaban J connectivity index is 1.30. The van der Waals surface area contributed by atoms with Crippen molar-refractivity contribution in [2.75, 3.05) is 0 Å². The smallest absolute Gasteiger partial charge is 0.143 e. The molecule has 0 unspecified atom stereocenters. The van der Waals surface area contributed by atoms with Crippen LogP contribution in [0.5, 0.6) is 0 Å². The molecule has 284 valence electrons. The second kappa shape index (κ2) is 14.3. The maximum Gasteiger partial charge on any atom is 0.143 e. The molecule has 0 radical (unpaired) electrons. The Bertz CT molecular complexity index is 4960. The van der Waals surface area contributed by atoms with Gasteiger partial charge in [0.05, 0.1) is 48.3 Å². The predicted octanol–water partition coefficient (Wildman–Crippen LogP) is 15.8. The van der Waals surface area contributed by atoms with Crippen LogP contribution in [0.1, 0.15) is 31.5 Å². The van der Waals surface area contributed by atoms with E-state index in [-0.39, 0.29) is 11.1 Å². The summed E-state index contributed by atoms with van der Waals surface area (Å²) in [6, 6.07) is 0.366. The van der Waals surface area contributed by atoms with Gasteiger partial charge in [0.2, 0.25) is 0 Å². The van der Waals surface area contributed by atoms with E-state index in [4.69, 9.17) is 25.9 Å². The highest BCUT2D eigenvalue weighted by atomic mass is 16.3. The minimum absolute atomic E-state index is 0.128. The second-order valence-electron chi connectivity index (χ2n) is 13.9. The van der Waals surface area contributed by atoms with E-state index in [9.17, 15) is 15.1 Å². The number of hydrogen-bond donors (Lipinski definition) is 0. The number of hydrogen-bond acceptors (Lipinski definition) is 3. The molecule has 0 aliphatic rings. The largest absolute Gasteiger partial charge is 0.455 e. The lowest BCUT2D eigenvalue weighted by Crippen LogP contribution is -1.91. The molecule has 0 aliphatic heterocycles. The fraction of sp³-hybridized carbons (Fsp3) is 0. The maximum atomic E-state index is 10.3. The predicted molar refractivity (Wildman–Crippen MR) is 254 cm³/mol. The Hall–Kier alpha value is -8.14. The molecule has 12 aromatic rings. The minimum atomic E-state index is -1.02.